The SMILES string of the molecule is COC[C@@H]1CN(C(=O)Cc2c[nH]c3ccccc23)CC12CCOCC2. The zero-order valence-electron chi connectivity index (χ0n) is 14.8. The smallest absolute Gasteiger partial charge is 0.227 e. The van der Waals surface area contributed by atoms with E-state index in [-0.39, 0.29) is 11.3 Å². The number of carbonyl (C=O) groups is 1. The van der Waals surface area contributed by atoms with Crippen molar-refractivity contribution in [3.05, 3.63) is 36.0 Å². The van der Waals surface area contributed by atoms with Gasteiger partial charge >= 0.3 is 0 Å². The lowest BCUT2D eigenvalue weighted by Crippen LogP contribution is -2.39. The Hall–Kier alpha value is -1.85. The van der Waals surface area contributed by atoms with Crippen LogP contribution in [0.15, 0.2) is 30.5 Å². The molecule has 134 valence electrons. The number of hydrogen-bond acceptors (Lipinski definition) is 3. The molecule has 2 saturated heterocycles. The molecule has 5 heteroatoms. The van der Waals surface area contributed by atoms with E-state index in [1.807, 2.05) is 24.4 Å². The van der Waals surface area contributed by atoms with E-state index < -0.39 is 0 Å². The second-order valence-corrected chi connectivity index (χ2v) is 7.44. The van der Waals surface area contributed by atoms with Gasteiger partial charge in [0, 0.05) is 56.4 Å². The maximum Gasteiger partial charge on any atom is 0.227 e. The van der Waals surface area contributed by atoms with Gasteiger partial charge in [0.05, 0.1) is 13.0 Å². The fraction of sp³-hybridized carbons (Fsp3) is 0.550. The molecule has 25 heavy (non-hydrogen) atoms. The van der Waals surface area contributed by atoms with Crippen molar-refractivity contribution in [1.82, 2.24) is 9.88 Å². The average Bonchev–Trinajstić information content (AvgIpc) is 3.19. The number of benzene rings is 1. The van der Waals surface area contributed by atoms with E-state index in [2.05, 4.69) is 16.0 Å². The number of nitrogens with one attached hydrogen (secondary N) is 1. The van der Waals surface area contributed by atoms with Gasteiger partial charge in [-0.15, -0.1) is 0 Å². The van der Waals surface area contributed by atoms with Gasteiger partial charge in [-0.3, -0.25) is 4.79 Å². The van der Waals surface area contributed by atoms with Crippen LogP contribution >= 0.6 is 0 Å². The van der Waals surface area contributed by atoms with Gasteiger partial charge in [0.25, 0.3) is 0 Å². The van der Waals surface area contributed by atoms with Crippen molar-refractivity contribution in [3.63, 3.8) is 0 Å². The first-order valence-corrected chi connectivity index (χ1v) is 9.11. The van der Waals surface area contributed by atoms with Crippen LogP contribution in [0.1, 0.15) is 18.4 Å². The molecule has 1 aromatic heterocycles. The summed E-state index contributed by atoms with van der Waals surface area (Å²) in [6, 6.07) is 8.15. The van der Waals surface area contributed by atoms with Crippen LogP contribution in [0.2, 0.25) is 0 Å². The summed E-state index contributed by atoms with van der Waals surface area (Å²) < 4.78 is 11.0. The molecule has 1 N–H and O–H groups in total. The van der Waals surface area contributed by atoms with Crippen molar-refractivity contribution < 1.29 is 14.3 Å². The van der Waals surface area contributed by atoms with E-state index in [9.17, 15) is 4.79 Å². The monoisotopic (exact) mass is 342 g/mol. The normalized spacial score (nSPS) is 22.8. The third-order valence-corrected chi connectivity index (χ3v) is 6.04. The highest BCUT2D eigenvalue weighted by Gasteiger charge is 2.48. The van der Waals surface area contributed by atoms with Crippen molar-refractivity contribution in [2.75, 3.05) is 40.0 Å². The summed E-state index contributed by atoms with van der Waals surface area (Å²) in [4.78, 5) is 18.3. The van der Waals surface area contributed by atoms with Crippen LogP contribution in [0.3, 0.4) is 0 Å². The summed E-state index contributed by atoms with van der Waals surface area (Å²) >= 11 is 0. The molecule has 0 radical (unpaired) electrons. The molecule has 5 nitrogen and oxygen atoms in total. The molecule has 0 unspecified atom stereocenters. The Kier molecular flexibility index (Phi) is 4.52. The Morgan fingerprint density at radius 3 is 2.96 bits per heavy atom. The number of aromatic nitrogens is 1. The molecular weight excluding hydrogens is 316 g/mol. The highest BCUT2D eigenvalue weighted by Crippen LogP contribution is 2.44. The quantitative estimate of drug-likeness (QED) is 0.929. The summed E-state index contributed by atoms with van der Waals surface area (Å²) in [6.07, 6.45) is 4.47. The minimum atomic E-state index is 0.171. The molecule has 2 aliphatic heterocycles. The minimum absolute atomic E-state index is 0.171. The first-order chi connectivity index (χ1) is 12.2. The van der Waals surface area contributed by atoms with Crippen molar-refractivity contribution in [2.24, 2.45) is 11.3 Å². The number of amides is 1. The Bertz CT molecular complexity index is 748. The molecule has 4 rings (SSSR count). The first-order valence-electron chi connectivity index (χ1n) is 9.11. The zero-order chi connectivity index (χ0) is 17.3. The van der Waals surface area contributed by atoms with E-state index in [4.69, 9.17) is 9.47 Å². The largest absolute Gasteiger partial charge is 0.384 e. The predicted molar refractivity (Wildman–Crippen MR) is 96.4 cm³/mol. The van der Waals surface area contributed by atoms with Crippen LogP contribution in [0.5, 0.6) is 0 Å². The maximum absolute atomic E-state index is 13.0. The number of likely N-dealkylation sites (tertiary alicyclic amines) is 1. The third-order valence-electron chi connectivity index (χ3n) is 6.04. The van der Waals surface area contributed by atoms with E-state index >= 15 is 0 Å². The highest BCUT2D eigenvalue weighted by atomic mass is 16.5. The average molecular weight is 342 g/mol. The summed E-state index contributed by atoms with van der Waals surface area (Å²) in [5.41, 5.74) is 2.34. The number of carbonyl (C=O) groups excluding carboxylic acids is 1. The van der Waals surface area contributed by atoms with Crippen LogP contribution in [-0.4, -0.2) is 55.8 Å². The van der Waals surface area contributed by atoms with Gasteiger partial charge < -0.3 is 19.4 Å². The molecule has 2 aliphatic rings. The van der Waals surface area contributed by atoms with Gasteiger partial charge in [0.2, 0.25) is 5.91 Å². The number of nitrogens with zero attached hydrogens (tertiary/aromatic N) is 1. The van der Waals surface area contributed by atoms with Crippen LogP contribution in [0.4, 0.5) is 0 Å². The van der Waals surface area contributed by atoms with E-state index in [1.165, 1.54) is 0 Å². The number of H-pyrrole nitrogens is 1. The molecule has 0 aliphatic carbocycles. The van der Waals surface area contributed by atoms with Gasteiger partial charge in [-0.05, 0) is 29.9 Å². The molecular formula is C20H26N2O3. The zero-order valence-corrected chi connectivity index (χ0v) is 14.8. The Balaban J connectivity index is 1.50. The molecule has 2 fully saturated rings. The van der Waals surface area contributed by atoms with Crippen molar-refractivity contribution >= 4 is 16.8 Å². The number of para-hydroxylation sites is 1. The molecule has 0 saturated carbocycles. The van der Waals surface area contributed by atoms with E-state index in [1.54, 1.807) is 7.11 Å². The standard InChI is InChI=1S/C20H26N2O3/c1-24-13-16-12-22(14-20(16)6-8-25-9-7-20)19(23)10-15-11-21-18-5-3-2-4-17(15)18/h2-5,11,16,21H,6-10,12-14H2,1H3/t16-/m0/s1. The molecule has 0 bridgehead atoms. The van der Waals surface area contributed by atoms with Crippen LogP contribution in [0, 0.1) is 11.3 Å². The predicted octanol–water partition coefficient (Wildman–Crippen LogP) is 2.61. The fourth-order valence-corrected chi connectivity index (χ4v) is 4.55. The van der Waals surface area contributed by atoms with Gasteiger partial charge in [0.1, 0.15) is 0 Å². The number of aromatic amines is 1. The summed E-state index contributed by atoms with van der Waals surface area (Å²) in [6.45, 7) is 3.95. The lowest BCUT2D eigenvalue weighted by Gasteiger charge is -2.37. The lowest BCUT2D eigenvalue weighted by molar-refractivity contribution is -0.130. The molecule has 1 spiro atoms. The van der Waals surface area contributed by atoms with Crippen LogP contribution in [0.25, 0.3) is 10.9 Å². The molecule has 1 aromatic carbocycles. The second-order valence-electron chi connectivity index (χ2n) is 7.44. The molecule has 1 amide bonds. The molecule has 1 atom stereocenters. The lowest BCUT2D eigenvalue weighted by atomic mass is 9.72. The Morgan fingerprint density at radius 2 is 2.16 bits per heavy atom. The van der Waals surface area contributed by atoms with Crippen molar-refractivity contribution in [3.8, 4) is 0 Å². The molecule has 2 aromatic rings. The van der Waals surface area contributed by atoms with E-state index in [0.29, 0.717) is 12.3 Å². The highest BCUT2D eigenvalue weighted by molar-refractivity contribution is 5.89. The number of fused-ring (bicyclic) bond motifs is 1. The first kappa shape index (κ1) is 16.6. The van der Waals surface area contributed by atoms with Gasteiger partial charge in [0.15, 0.2) is 0 Å². The maximum atomic E-state index is 13.0. The molecule has 3 heterocycles. The Labute approximate surface area is 148 Å². The van der Waals surface area contributed by atoms with Gasteiger partial charge in [-0.1, -0.05) is 18.2 Å². The van der Waals surface area contributed by atoms with Gasteiger partial charge in [-0.25, -0.2) is 0 Å². The Morgan fingerprint density at radius 1 is 1.36 bits per heavy atom. The number of ether oxygens (including phenoxy) is 2. The van der Waals surface area contributed by atoms with Gasteiger partial charge in [-0.2, -0.15) is 0 Å². The summed E-state index contributed by atoms with van der Waals surface area (Å²) in [5.74, 6) is 0.627. The fourth-order valence-electron chi connectivity index (χ4n) is 4.55. The van der Waals surface area contributed by atoms with Crippen LogP contribution in [-0.2, 0) is 20.7 Å². The minimum Gasteiger partial charge on any atom is -0.384 e. The van der Waals surface area contributed by atoms with Crippen molar-refractivity contribution in [2.45, 2.75) is 19.3 Å². The number of rotatable bonds is 4. The van der Waals surface area contributed by atoms with Crippen molar-refractivity contribution in [1.29, 1.82) is 0 Å². The number of hydrogen-bond donors (Lipinski definition) is 1. The van der Waals surface area contributed by atoms with E-state index in [0.717, 1.165) is 62.2 Å². The number of methoxy groups -OCH3 is 1. The summed E-state index contributed by atoms with van der Waals surface area (Å²) in [7, 11) is 1.75. The topological polar surface area (TPSA) is 54.6 Å². The second kappa shape index (κ2) is 6.81. The van der Waals surface area contributed by atoms with Crippen LogP contribution < -0.4 is 0 Å². The summed E-state index contributed by atoms with van der Waals surface area (Å²) in [5, 5.41) is 1.14. The third kappa shape index (κ3) is 3.07.